The third kappa shape index (κ3) is 3.34. The summed E-state index contributed by atoms with van der Waals surface area (Å²) in [5, 5.41) is 0.910. The van der Waals surface area contributed by atoms with Gasteiger partial charge in [-0.1, -0.05) is 41.3 Å². The minimum atomic E-state index is 0.626. The normalized spacial score (nSPS) is 11.6. The molecule has 0 bridgehead atoms. The second kappa shape index (κ2) is 6.02. The minimum Gasteiger partial charge on any atom is -0.443 e. The molecule has 0 atom stereocenters. The molecule has 2 aromatic rings. The number of thiazole rings is 1. The molecule has 0 spiro atoms. The van der Waals surface area contributed by atoms with Crippen molar-refractivity contribution >= 4 is 34.0 Å². The quantitative estimate of drug-likeness (QED) is 0.477. The number of benzene rings is 1. The van der Waals surface area contributed by atoms with E-state index in [1.54, 1.807) is 23.1 Å². The molecular formula is C13H14N2OS2. The maximum Gasteiger partial charge on any atom is 0.192 e. The zero-order chi connectivity index (χ0) is 13.0. The Kier molecular flexibility index (Phi) is 4.38. The highest BCUT2D eigenvalue weighted by Crippen LogP contribution is 2.32. The molecular weight excluding hydrogens is 264 g/mol. The summed E-state index contributed by atoms with van der Waals surface area (Å²) in [4.78, 5) is 8.87. The van der Waals surface area contributed by atoms with Gasteiger partial charge in [-0.05, 0) is 25.3 Å². The molecule has 0 saturated carbocycles. The lowest BCUT2D eigenvalue weighted by molar-refractivity contribution is 0.547. The topological polar surface area (TPSA) is 34.5 Å². The van der Waals surface area contributed by atoms with Crippen molar-refractivity contribution in [3.63, 3.8) is 0 Å². The Morgan fingerprint density at radius 2 is 2.06 bits per heavy atom. The first-order valence-corrected chi connectivity index (χ1v) is 7.53. The predicted octanol–water partition coefficient (Wildman–Crippen LogP) is 4.30. The number of aliphatic imine (C=N–C) groups is 1. The fraction of sp³-hybridized carbons (Fsp3) is 0.231. The Morgan fingerprint density at radius 3 is 2.67 bits per heavy atom. The summed E-state index contributed by atoms with van der Waals surface area (Å²) in [7, 11) is 0. The molecule has 2 rings (SSSR count). The fourth-order valence-corrected chi connectivity index (χ4v) is 2.89. The van der Waals surface area contributed by atoms with Crippen molar-refractivity contribution < 1.29 is 4.74 Å². The van der Waals surface area contributed by atoms with Crippen molar-refractivity contribution in [3.8, 4) is 5.75 Å². The van der Waals surface area contributed by atoms with Crippen LogP contribution in [-0.2, 0) is 0 Å². The summed E-state index contributed by atoms with van der Waals surface area (Å²) in [6.07, 6.45) is 2.01. The summed E-state index contributed by atoms with van der Waals surface area (Å²) in [5.74, 6) is 1.42. The lowest BCUT2D eigenvalue weighted by Gasteiger charge is -2.03. The molecule has 0 fully saturated rings. The fourth-order valence-electron chi connectivity index (χ4n) is 1.38. The largest absolute Gasteiger partial charge is 0.443 e. The van der Waals surface area contributed by atoms with Crippen molar-refractivity contribution in [1.82, 2.24) is 4.98 Å². The van der Waals surface area contributed by atoms with Crippen molar-refractivity contribution in [2.24, 2.45) is 4.99 Å². The van der Waals surface area contributed by atoms with Gasteiger partial charge < -0.3 is 4.74 Å². The zero-order valence-corrected chi connectivity index (χ0v) is 12.1. The predicted molar refractivity (Wildman–Crippen MR) is 78.5 cm³/mol. The smallest absolute Gasteiger partial charge is 0.192 e. The van der Waals surface area contributed by atoms with E-state index in [2.05, 4.69) is 9.98 Å². The maximum atomic E-state index is 5.64. The highest BCUT2D eigenvalue weighted by molar-refractivity contribution is 8.00. The molecule has 0 N–H and O–H groups in total. The number of para-hydroxylation sites is 1. The van der Waals surface area contributed by atoms with Gasteiger partial charge in [0.15, 0.2) is 10.2 Å². The number of ether oxygens (including phenoxy) is 1. The lowest BCUT2D eigenvalue weighted by atomic mass is 10.3. The number of aryl methyl sites for hydroxylation is 1. The molecule has 0 saturated heterocycles. The zero-order valence-electron chi connectivity index (χ0n) is 10.5. The number of aromatic nitrogens is 1. The Morgan fingerprint density at radius 1 is 1.33 bits per heavy atom. The molecule has 0 radical (unpaired) electrons. The van der Waals surface area contributed by atoms with Crippen molar-refractivity contribution in [1.29, 1.82) is 0 Å². The molecule has 1 aromatic carbocycles. The molecule has 5 heteroatoms. The van der Waals surface area contributed by atoms with Gasteiger partial charge in [-0.3, -0.25) is 0 Å². The van der Waals surface area contributed by atoms with Gasteiger partial charge >= 0.3 is 0 Å². The number of rotatable bonds is 3. The summed E-state index contributed by atoms with van der Waals surface area (Å²) >= 11 is 3.21. The first-order chi connectivity index (χ1) is 8.69. The van der Waals surface area contributed by atoms with Gasteiger partial charge in [0.2, 0.25) is 0 Å². The summed E-state index contributed by atoms with van der Waals surface area (Å²) in [6.45, 7) is 3.82. The van der Waals surface area contributed by atoms with E-state index in [-0.39, 0.29) is 0 Å². The molecule has 94 valence electrons. The van der Waals surface area contributed by atoms with Crippen LogP contribution in [0.15, 0.2) is 39.7 Å². The van der Waals surface area contributed by atoms with E-state index in [0.717, 1.165) is 20.8 Å². The van der Waals surface area contributed by atoms with E-state index in [1.165, 1.54) is 0 Å². The van der Waals surface area contributed by atoms with Crippen LogP contribution in [0.5, 0.6) is 5.75 Å². The molecule has 0 amide bonds. The van der Waals surface area contributed by atoms with Crippen molar-refractivity contribution in [2.75, 3.05) is 6.26 Å². The first kappa shape index (κ1) is 13.1. The Balaban J connectivity index is 2.15. The molecule has 0 aliphatic rings. The van der Waals surface area contributed by atoms with Crippen LogP contribution in [0.3, 0.4) is 0 Å². The monoisotopic (exact) mass is 278 g/mol. The Hall–Kier alpha value is -1.33. The SMILES string of the molecule is CSc1nc(C)c(N=C(C)Oc2ccccc2)s1. The second-order valence-corrected chi connectivity index (χ2v) is 5.65. The van der Waals surface area contributed by atoms with E-state index in [0.29, 0.717) is 5.90 Å². The number of nitrogens with zero attached hydrogens (tertiary/aromatic N) is 2. The Bertz CT molecular complexity index is 549. The van der Waals surface area contributed by atoms with E-state index >= 15 is 0 Å². The van der Waals surface area contributed by atoms with E-state index in [9.17, 15) is 0 Å². The van der Waals surface area contributed by atoms with Crippen LogP contribution in [0.1, 0.15) is 12.6 Å². The van der Waals surface area contributed by atoms with Gasteiger partial charge in [-0.2, -0.15) is 0 Å². The van der Waals surface area contributed by atoms with Crippen LogP contribution in [0.4, 0.5) is 5.00 Å². The van der Waals surface area contributed by atoms with Gasteiger partial charge in [0.25, 0.3) is 0 Å². The van der Waals surface area contributed by atoms with Crippen LogP contribution in [0, 0.1) is 6.92 Å². The number of thioether (sulfide) groups is 1. The van der Waals surface area contributed by atoms with Crippen LogP contribution in [0.2, 0.25) is 0 Å². The van der Waals surface area contributed by atoms with Gasteiger partial charge in [0.05, 0.1) is 5.69 Å². The number of hydrogen-bond donors (Lipinski definition) is 0. The van der Waals surface area contributed by atoms with Crippen LogP contribution in [0.25, 0.3) is 0 Å². The summed E-state index contributed by atoms with van der Waals surface area (Å²) in [5.41, 5.74) is 0.945. The highest BCUT2D eigenvalue weighted by Gasteiger charge is 2.06. The van der Waals surface area contributed by atoms with E-state index in [4.69, 9.17) is 4.74 Å². The first-order valence-electron chi connectivity index (χ1n) is 5.48. The van der Waals surface area contributed by atoms with Crippen molar-refractivity contribution in [3.05, 3.63) is 36.0 Å². The van der Waals surface area contributed by atoms with Gasteiger partial charge in [-0.15, -0.1) is 0 Å². The molecule has 18 heavy (non-hydrogen) atoms. The highest BCUT2D eigenvalue weighted by atomic mass is 32.2. The second-order valence-electron chi connectivity index (χ2n) is 3.62. The molecule has 0 aliphatic heterocycles. The molecule has 1 aromatic heterocycles. The van der Waals surface area contributed by atoms with E-state index < -0.39 is 0 Å². The summed E-state index contributed by atoms with van der Waals surface area (Å²) in [6, 6.07) is 9.65. The van der Waals surface area contributed by atoms with Crippen LogP contribution >= 0.6 is 23.1 Å². The number of hydrogen-bond acceptors (Lipinski definition) is 5. The van der Waals surface area contributed by atoms with Crippen molar-refractivity contribution in [2.45, 2.75) is 18.2 Å². The molecule has 1 heterocycles. The average molecular weight is 278 g/mol. The minimum absolute atomic E-state index is 0.626. The molecule has 0 aliphatic carbocycles. The summed E-state index contributed by atoms with van der Waals surface area (Å²) < 4.78 is 6.66. The third-order valence-electron chi connectivity index (χ3n) is 2.19. The Labute approximate surface area is 115 Å². The maximum absolute atomic E-state index is 5.64. The van der Waals surface area contributed by atoms with E-state index in [1.807, 2.05) is 50.4 Å². The van der Waals surface area contributed by atoms with Gasteiger partial charge in [-0.25, -0.2) is 9.98 Å². The van der Waals surface area contributed by atoms with Crippen LogP contribution < -0.4 is 4.74 Å². The molecule has 3 nitrogen and oxygen atoms in total. The van der Waals surface area contributed by atoms with Crippen LogP contribution in [-0.4, -0.2) is 17.1 Å². The van der Waals surface area contributed by atoms with Gasteiger partial charge in [0.1, 0.15) is 10.8 Å². The third-order valence-corrected chi connectivity index (χ3v) is 4.23. The molecule has 0 unspecified atom stereocenters. The van der Waals surface area contributed by atoms with Gasteiger partial charge in [0, 0.05) is 6.92 Å². The lowest BCUT2D eigenvalue weighted by Crippen LogP contribution is -2.01. The average Bonchev–Trinajstić information content (AvgIpc) is 2.71. The standard InChI is InChI=1S/C13H14N2OS2/c1-9-12(18-13(14-9)17-3)15-10(2)16-11-7-5-4-6-8-11/h4-8H,1-3H3.